The Morgan fingerprint density at radius 2 is 1.70 bits per heavy atom. The zero-order valence-electron chi connectivity index (χ0n) is 16.1. The summed E-state index contributed by atoms with van der Waals surface area (Å²) in [5, 5.41) is -0.652. The number of carbonyl (C=O) groups excluding carboxylic acids is 2. The van der Waals surface area contributed by atoms with E-state index in [1.54, 1.807) is 6.08 Å². The number of hydrogen-bond donors (Lipinski definition) is 0. The van der Waals surface area contributed by atoms with Gasteiger partial charge in [0, 0.05) is 0 Å². The highest BCUT2D eigenvalue weighted by Gasteiger charge is 2.53. The monoisotopic (exact) mass is 358 g/mol. The van der Waals surface area contributed by atoms with Gasteiger partial charge >= 0.3 is 11.9 Å². The van der Waals surface area contributed by atoms with Crippen LogP contribution in [0.5, 0.6) is 0 Å². The van der Waals surface area contributed by atoms with Gasteiger partial charge < -0.3 is 9.47 Å². The second-order valence-electron chi connectivity index (χ2n) is 8.19. The van der Waals surface area contributed by atoms with Gasteiger partial charge in [0.25, 0.3) is 0 Å². The molecule has 2 atom stereocenters. The smallest absolute Gasteiger partial charge is 0.309 e. The maximum absolute atomic E-state index is 12.7. The van der Waals surface area contributed by atoms with Crippen molar-refractivity contribution in [3.05, 3.63) is 12.7 Å². The first-order chi connectivity index (χ1) is 10.4. The van der Waals surface area contributed by atoms with E-state index in [-0.39, 0.29) is 17.5 Å². The van der Waals surface area contributed by atoms with Gasteiger partial charge in [-0.1, -0.05) is 45.4 Å². The highest BCUT2D eigenvalue weighted by Crippen LogP contribution is 2.52. The van der Waals surface area contributed by atoms with E-state index >= 15 is 0 Å². The first-order valence-electron chi connectivity index (χ1n) is 8.23. The Bertz CT molecular complexity index is 435. The van der Waals surface area contributed by atoms with Gasteiger partial charge in [-0.25, -0.2) is 0 Å². The third-order valence-electron chi connectivity index (χ3n) is 4.67. The Kier molecular flexibility index (Phi) is 7.96. The lowest BCUT2D eigenvalue weighted by Crippen LogP contribution is -2.49. The van der Waals surface area contributed by atoms with Gasteiger partial charge in [0.15, 0.2) is 0 Å². The van der Waals surface area contributed by atoms with Crippen molar-refractivity contribution in [3.63, 3.8) is 0 Å². The van der Waals surface area contributed by atoms with Crippen molar-refractivity contribution < 1.29 is 19.1 Å². The molecule has 0 fully saturated rings. The molecule has 0 aromatic carbocycles. The molecule has 0 aliphatic heterocycles. The molecule has 0 saturated carbocycles. The minimum absolute atomic E-state index is 0.178. The van der Waals surface area contributed by atoms with Crippen LogP contribution in [0, 0.1) is 0 Å². The summed E-state index contributed by atoms with van der Waals surface area (Å²) in [4.78, 5) is 25.3. The maximum atomic E-state index is 12.7. The van der Waals surface area contributed by atoms with Crippen molar-refractivity contribution in [2.45, 2.75) is 69.6 Å². The Balaban J connectivity index is 6.02. The second-order valence-corrected chi connectivity index (χ2v) is 19.1. The van der Waals surface area contributed by atoms with Gasteiger partial charge in [-0.15, -0.1) is 6.58 Å². The molecule has 0 bridgehead atoms. The Morgan fingerprint density at radius 1 is 1.17 bits per heavy atom. The van der Waals surface area contributed by atoms with Gasteiger partial charge in [0.1, 0.15) is 0 Å². The zero-order chi connectivity index (χ0) is 18.5. The van der Waals surface area contributed by atoms with Crippen LogP contribution in [-0.4, -0.2) is 41.8 Å². The van der Waals surface area contributed by atoms with Crippen LogP contribution in [-0.2, 0) is 19.1 Å². The Labute approximate surface area is 143 Å². The number of ether oxygens (including phenoxy) is 2. The fourth-order valence-electron chi connectivity index (χ4n) is 2.94. The molecule has 4 nitrogen and oxygen atoms in total. The number of hydrogen-bond acceptors (Lipinski definition) is 4. The van der Waals surface area contributed by atoms with Gasteiger partial charge in [0.05, 0.1) is 40.4 Å². The second kappa shape index (κ2) is 8.28. The van der Waals surface area contributed by atoms with Crippen molar-refractivity contribution in [1.29, 1.82) is 0 Å². The summed E-state index contributed by atoms with van der Waals surface area (Å²) in [6.45, 7) is 18.9. The molecule has 0 heterocycles. The lowest BCUT2D eigenvalue weighted by atomic mass is 9.97. The molecule has 0 spiro atoms. The highest BCUT2D eigenvalue weighted by molar-refractivity contribution is 6.83. The van der Waals surface area contributed by atoms with Crippen LogP contribution in [0.4, 0.5) is 0 Å². The predicted molar refractivity (Wildman–Crippen MR) is 101 cm³/mol. The normalized spacial score (nSPS) is 16.2. The Hall–Kier alpha value is -0.886. The summed E-state index contributed by atoms with van der Waals surface area (Å²) in [5.74, 6) is -0.397. The van der Waals surface area contributed by atoms with E-state index < -0.39 is 21.2 Å². The summed E-state index contributed by atoms with van der Waals surface area (Å²) in [7, 11) is -2.42. The lowest BCUT2D eigenvalue weighted by molar-refractivity contribution is -0.146. The topological polar surface area (TPSA) is 52.6 Å². The molecule has 0 N–H and O–H groups in total. The van der Waals surface area contributed by atoms with Crippen LogP contribution in [0.1, 0.15) is 19.8 Å². The fraction of sp³-hybridized carbons (Fsp3) is 0.765. The quantitative estimate of drug-likeness (QED) is 0.346. The molecule has 134 valence electrons. The van der Waals surface area contributed by atoms with Crippen LogP contribution in [0.15, 0.2) is 12.7 Å². The lowest BCUT2D eigenvalue weighted by Gasteiger charge is -2.44. The molecular formula is C17H34O4Si2. The van der Waals surface area contributed by atoms with Crippen molar-refractivity contribution in [3.8, 4) is 0 Å². The zero-order valence-corrected chi connectivity index (χ0v) is 18.1. The van der Waals surface area contributed by atoms with Crippen molar-refractivity contribution in [2.75, 3.05) is 13.7 Å². The minimum atomic E-state index is -1.98. The van der Waals surface area contributed by atoms with Crippen LogP contribution in [0.2, 0.25) is 49.9 Å². The molecule has 0 aromatic rings. The third kappa shape index (κ3) is 5.31. The Morgan fingerprint density at radius 3 is 2.00 bits per heavy atom. The van der Waals surface area contributed by atoms with Crippen LogP contribution in [0.3, 0.4) is 0 Å². The van der Waals surface area contributed by atoms with E-state index in [1.165, 1.54) is 7.11 Å². The van der Waals surface area contributed by atoms with E-state index in [2.05, 4.69) is 45.9 Å². The predicted octanol–water partition coefficient (Wildman–Crippen LogP) is 4.48. The molecule has 0 aromatic heterocycles. The molecule has 0 rings (SSSR count). The molecule has 0 amide bonds. The van der Waals surface area contributed by atoms with Crippen LogP contribution >= 0.6 is 0 Å². The molecule has 0 radical (unpaired) electrons. The summed E-state index contributed by atoms with van der Waals surface area (Å²) >= 11 is 0. The maximum Gasteiger partial charge on any atom is 0.309 e. The van der Waals surface area contributed by atoms with E-state index in [1.807, 2.05) is 6.92 Å². The molecule has 0 aliphatic carbocycles. The number of methoxy groups -OCH3 is 1. The molecular weight excluding hydrogens is 324 g/mol. The van der Waals surface area contributed by atoms with Crippen molar-refractivity contribution in [2.24, 2.45) is 0 Å². The molecule has 2 unspecified atom stereocenters. The summed E-state index contributed by atoms with van der Waals surface area (Å²) in [6, 6.07) is 0. The summed E-state index contributed by atoms with van der Waals surface area (Å²) in [5.41, 5.74) is -0.228. The van der Waals surface area contributed by atoms with E-state index in [0.717, 1.165) is 0 Å². The molecule has 6 heteroatoms. The third-order valence-corrected chi connectivity index (χ3v) is 10.7. The molecule has 0 aliphatic rings. The number of esters is 2. The first kappa shape index (κ1) is 22.1. The van der Waals surface area contributed by atoms with Gasteiger partial charge in [-0.2, -0.15) is 0 Å². The van der Waals surface area contributed by atoms with E-state index in [4.69, 9.17) is 9.47 Å². The number of carbonyl (C=O) groups is 2. The number of allylic oxidation sites excluding steroid dienone is 1. The standard InChI is InChI=1S/C17H34O4Si2/c1-10-12-17(16(19)20-3,23(7,8)9)13-14(22(4,5)6)15(18)21-11-2/h10,14H,1,11-13H2,2-9H3. The van der Waals surface area contributed by atoms with Crippen LogP contribution in [0.25, 0.3) is 0 Å². The highest BCUT2D eigenvalue weighted by atomic mass is 28.3. The summed E-state index contributed by atoms with van der Waals surface area (Å²) < 4.78 is 10.5. The average Bonchev–Trinajstić information content (AvgIpc) is 2.39. The van der Waals surface area contributed by atoms with Crippen molar-refractivity contribution >= 4 is 28.1 Å². The SMILES string of the molecule is C=CCC(CC(C(=O)OCC)[Si](C)(C)C)(C(=O)OC)[Si](C)(C)C. The van der Waals surface area contributed by atoms with Gasteiger partial charge in [-0.05, 0) is 19.8 Å². The van der Waals surface area contributed by atoms with E-state index in [9.17, 15) is 9.59 Å². The summed E-state index contributed by atoms with van der Waals surface area (Å²) in [6.07, 6.45) is 2.81. The van der Waals surface area contributed by atoms with Gasteiger partial charge in [-0.3, -0.25) is 9.59 Å². The first-order valence-corrected chi connectivity index (χ1v) is 15.3. The minimum Gasteiger partial charge on any atom is -0.469 e. The fourth-order valence-corrected chi connectivity index (χ4v) is 7.19. The molecule has 23 heavy (non-hydrogen) atoms. The largest absolute Gasteiger partial charge is 0.469 e. The van der Waals surface area contributed by atoms with Crippen molar-refractivity contribution in [1.82, 2.24) is 0 Å². The average molecular weight is 359 g/mol. The van der Waals surface area contributed by atoms with Gasteiger partial charge in [0.2, 0.25) is 0 Å². The number of rotatable bonds is 9. The molecule has 0 saturated heterocycles. The van der Waals surface area contributed by atoms with E-state index in [0.29, 0.717) is 19.4 Å². The van der Waals surface area contributed by atoms with Crippen LogP contribution < -0.4 is 0 Å².